The smallest absolute Gasteiger partial charge is 0.305 e. The fourth-order valence-electron chi connectivity index (χ4n) is 7.33. The summed E-state index contributed by atoms with van der Waals surface area (Å²) in [6.45, 7) is 13.5. The number of hydrogen-bond acceptors (Lipinski definition) is 6. The van der Waals surface area contributed by atoms with E-state index in [1.165, 1.54) is 141 Å². The molecule has 0 spiro atoms. The Hall–Kier alpha value is -1.14. The molecule has 0 aromatic rings. The molecule has 0 saturated heterocycles. The molecule has 0 aliphatic heterocycles. The minimum Gasteiger partial charge on any atom is -0.465 e. The first-order valence-corrected chi connectivity index (χ1v) is 23.1. The highest BCUT2D eigenvalue weighted by Gasteiger charge is 2.14. The first-order valence-electron chi connectivity index (χ1n) is 23.1. The number of ether oxygens (including phenoxy) is 2. The molecule has 0 amide bonds. The Morgan fingerprint density at radius 1 is 0.423 bits per heavy atom. The number of carbonyl (C=O) groups is 2. The average Bonchev–Trinajstić information content (AvgIpc) is 3.14. The molecule has 310 valence electrons. The van der Waals surface area contributed by atoms with Gasteiger partial charge in [0.2, 0.25) is 0 Å². The lowest BCUT2D eigenvalue weighted by molar-refractivity contribution is -0.146. The zero-order valence-electron chi connectivity index (χ0n) is 35.6. The van der Waals surface area contributed by atoms with Gasteiger partial charge in [0, 0.05) is 19.4 Å². The molecule has 0 aromatic heterocycles. The second-order valence-corrected chi connectivity index (χ2v) is 16.1. The van der Waals surface area contributed by atoms with E-state index in [1.54, 1.807) is 0 Å². The summed E-state index contributed by atoms with van der Waals surface area (Å²) in [6.07, 6.45) is 36.9. The van der Waals surface area contributed by atoms with Crippen molar-refractivity contribution in [3.63, 3.8) is 0 Å². The highest BCUT2D eigenvalue weighted by molar-refractivity contribution is 5.69. The van der Waals surface area contributed by atoms with Crippen LogP contribution < -0.4 is 0 Å². The van der Waals surface area contributed by atoms with Crippen LogP contribution in [0.2, 0.25) is 0 Å². The van der Waals surface area contributed by atoms with Gasteiger partial charge in [-0.15, -0.1) is 0 Å². The maximum absolute atomic E-state index is 12.6. The molecule has 0 bridgehead atoms. The van der Waals surface area contributed by atoms with Gasteiger partial charge in [-0.1, -0.05) is 156 Å². The molecule has 6 heteroatoms. The standard InChI is InChI=1S/C46H91NO5/c1-5-9-13-17-18-24-34-44(33-23-16-12-8-4)42-52-46(50)36-26-20-28-38-47(39-29-30-40-48)37-27-19-25-35-45(49)51-41-43(31-21-14-10-6-2)32-22-15-11-7-3/h43-44,48H,5-42H2,1-4H3. The monoisotopic (exact) mass is 738 g/mol. The molecule has 0 fully saturated rings. The van der Waals surface area contributed by atoms with Crippen molar-refractivity contribution >= 4 is 11.9 Å². The van der Waals surface area contributed by atoms with Gasteiger partial charge in [-0.2, -0.15) is 0 Å². The number of unbranched alkanes of at least 4 members (excludes halogenated alkanes) is 19. The van der Waals surface area contributed by atoms with Crippen molar-refractivity contribution in [1.29, 1.82) is 0 Å². The van der Waals surface area contributed by atoms with Crippen LogP contribution in [0.25, 0.3) is 0 Å². The first kappa shape index (κ1) is 50.9. The van der Waals surface area contributed by atoms with Gasteiger partial charge in [0.05, 0.1) is 13.2 Å². The van der Waals surface area contributed by atoms with Crippen molar-refractivity contribution in [2.75, 3.05) is 39.5 Å². The van der Waals surface area contributed by atoms with Crippen molar-refractivity contribution in [3.05, 3.63) is 0 Å². The predicted molar refractivity (Wildman–Crippen MR) is 223 cm³/mol. The zero-order chi connectivity index (χ0) is 38.2. The molecule has 0 radical (unpaired) electrons. The molecule has 0 aliphatic rings. The number of rotatable bonds is 42. The Balaban J connectivity index is 4.36. The fourth-order valence-corrected chi connectivity index (χ4v) is 7.33. The van der Waals surface area contributed by atoms with Gasteiger partial charge in [-0.3, -0.25) is 9.59 Å². The molecular formula is C46H91NO5. The quantitative estimate of drug-likeness (QED) is 0.0496. The van der Waals surface area contributed by atoms with Gasteiger partial charge in [0.15, 0.2) is 0 Å². The maximum atomic E-state index is 12.6. The minimum absolute atomic E-state index is 0.0192. The van der Waals surface area contributed by atoms with E-state index in [1.807, 2.05) is 0 Å². The Labute approximate surface area is 324 Å². The summed E-state index contributed by atoms with van der Waals surface area (Å²) < 4.78 is 11.6. The van der Waals surface area contributed by atoms with Gasteiger partial charge in [0.1, 0.15) is 0 Å². The van der Waals surface area contributed by atoms with Gasteiger partial charge in [-0.25, -0.2) is 0 Å². The summed E-state index contributed by atoms with van der Waals surface area (Å²) in [4.78, 5) is 27.7. The lowest BCUT2D eigenvalue weighted by Crippen LogP contribution is -2.27. The second-order valence-electron chi connectivity index (χ2n) is 16.1. The van der Waals surface area contributed by atoms with E-state index >= 15 is 0 Å². The number of aliphatic hydroxyl groups excluding tert-OH is 1. The first-order chi connectivity index (χ1) is 25.5. The third kappa shape index (κ3) is 35.9. The van der Waals surface area contributed by atoms with Gasteiger partial charge >= 0.3 is 11.9 Å². The summed E-state index contributed by atoms with van der Waals surface area (Å²) in [7, 11) is 0. The molecule has 52 heavy (non-hydrogen) atoms. The van der Waals surface area contributed by atoms with Crippen LogP contribution in [0.15, 0.2) is 0 Å². The topological polar surface area (TPSA) is 76.1 Å². The highest BCUT2D eigenvalue weighted by atomic mass is 16.5. The Kier molecular flexibility index (Phi) is 40.1. The third-order valence-electron chi connectivity index (χ3n) is 10.9. The Bertz CT molecular complexity index is 734. The number of aliphatic hydroxyl groups is 1. The lowest BCUT2D eigenvalue weighted by atomic mass is 9.95. The van der Waals surface area contributed by atoms with Crippen LogP contribution in [0.5, 0.6) is 0 Å². The summed E-state index contributed by atoms with van der Waals surface area (Å²) in [5, 5.41) is 9.30. The Morgan fingerprint density at radius 2 is 0.731 bits per heavy atom. The molecular weight excluding hydrogens is 647 g/mol. The van der Waals surface area contributed by atoms with Crippen molar-refractivity contribution in [3.8, 4) is 0 Å². The van der Waals surface area contributed by atoms with Crippen molar-refractivity contribution < 1.29 is 24.2 Å². The van der Waals surface area contributed by atoms with Gasteiger partial charge in [-0.05, 0) is 95.7 Å². The number of esters is 2. The van der Waals surface area contributed by atoms with E-state index in [2.05, 4.69) is 32.6 Å². The molecule has 0 aliphatic carbocycles. The Morgan fingerprint density at radius 3 is 1.10 bits per heavy atom. The molecule has 0 aromatic carbocycles. The van der Waals surface area contributed by atoms with E-state index in [0.717, 1.165) is 71.0 Å². The van der Waals surface area contributed by atoms with E-state index in [0.29, 0.717) is 37.9 Å². The molecule has 0 saturated carbocycles. The lowest BCUT2D eigenvalue weighted by Gasteiger charge is -2.22. The molecule has 1 atom stereocenters. The van der Waals surface area contributed by atoms with Crippen molar-refractivity contribution in [2.24, 2.45) is 11.8 Å². The third-order valence-corrected chi connectivity index (χ3v) is 10.9. The fraction of sp³-hybridized carbons (Fsp3) is 0.957. The van der Waals surface area contributed by atoms with Crippen LogP contribution in [0, 0.1) is 11.8 Å². The number of hydrogen-bond donors (Lipinski definition) is 1. The molecule has 1 N–H and O–H groups in total. The predicted octanol–water partition coefficient (Wildman–Crippen LogP) is 13.2. The van der Waals surface area contributed by atoms with Crippen LogP contribution in [0.3, 0.4) is 0 Å². The minimum atomic E-state index is -0.0225. The summed E-state index contributed by atoms with van der Waals surface area (Å²) >= 11 is 0. The molecule has 6 nitrogen and oxygen atoms in total. The van der Waals surface area contributed by atoms with Crippen LogP contribution in [0.1, 0.15) is 233 Å². The largest absolute Gasteiger partial charge is 0.465 e. The van der Waals surface area contributed by atoms with Gasteiger partial charge in [0.25, 0.3) is 0 Å². The second kappa shape index (κ2) is 41.0. The van der Waals surface area contributed by atoms with E-state index in [-0.39, 0.29) is 18.5 Å². The SMILES string of the molecule is CCCCCCCCC(CCCCCC)COC(=O)CCCCCN(CCCCO)CCCCCC(=O)OCC(CCCCCC)CCCCCC. The van der Waals surface area contributed by atoms with Crippen LogP contribution in [0.4, 0.5) is 0 Å². The highest BCUT2D eigenvalue weighted by Crippen LogP contribution is 2.21. The summed E-state index contributed by atoms with van der Waals surface area (Å²) in [5.41, 5.74) is 0. The van der Waals surface area contributed by atoms with Crippen LogP contribution in [-0.4, -0.2) is 61.4 Å². The molecule has 0 heterocycles. The van der Waals surface area contributed by atoms with E-state index in [4.69, 9.17) is 9.47 Å². The van der Waals surface area contributed by atoms with Crippen LogP contribution >= 0.6 is 0 Å². The van der Waals surface area contributed by atoms with Crippen molar-refractivity contribution in [1.82, 2.24) is 4.90 Å². The molecule has 0 rings (SSSR count). The summed E-state index contributed by atoms with van der Waals surface area (Å²) in [6, 6.07) is 0. The normalized spacial score (nSPS) is 12.2. The summed E-state index contributed by atoms with van der Waals surface area (Å²) in [5.74, 6) is 1.00. The zero-order valence-corrected chi connectivity index (χ0v) is 35.6. The van der Waals surface area contributed by atoms with Crippen molar-refractivity contribution in [2.45, 2.75) is 233 Å². The van der Waals surface area contributed by atoms with E-state index < -0.39 is 0 Å². The van der Waals surface area contributed by atoms with E-state index in [9.17, 15) is 14.7 Å². The molecule has 1 unspecified atom stereocenters. The number of nitrogens with zero attached hydrogens (tertiary/aromatic N) is 1. The maximum Gasteiger partial charge on any atom is 0.305 e. The van der Waals surface area contributed by atoms with Crippen LogP contribution in [-0.2, 0) is 19.1 Å². The number of carbonyl (C=O) groups excluding carboxylic acids is 2. The van der Waals surface area contributed by atoms with Gasteiger partial charge < -0.3 is 19.5 Å². The average molecular weight is 738 g/mol.